The van der Waals surface area contributed by atoms with Gasteiger partial charge in [0.1, 0.15) is 5.25 Å². The normalized spacial score (nSPS) is 12.0. The SMILES string of the molecule is CCCc1cc(=O)[nH]c(SC(C(=O)N(C)C)c2ccccc2)n1. The molecule has 23 heavy (non-hydrogen) atoms. The van der Waals surface area contributed by atoms with Gasteiger partial charge >= 0.3 is 0 Å². The number of carbonyl (C=O) groups is 1. The first-order valence-electron chi connectivity index (χ1n) is 7.54. The third kappa shape index (κ3) is 4.69. The van der Waals surface area contributed by atoms with E-state index in [9.17, 15) is 9.59 Å². The molecule has 0 saturated heterocycles. The molecular formula is C17H21N3O2S. The number of rotatable bonds is 6. The fourth-order valence-corrected chi connectivity index (χ4v) is 3.32. The Bertz CT molecular complexity index is 713. The highest BCUT2D eigenvalue weighted by atomic mass is 32.2. The van der Waals surface area contributed by atoms with Gasteiger partial charge in [-0.05, 0) is 12.0 Å². The van der Waals surface area contributed by atoms with Crippen LogP contribution in [0.25, 0.3) is 0 Å². The van der Waals surface area contributed by atoms with Crippen LogP contribution in [0.1, 0.15) is 29.9 Å². The number of aryl methyl sites for hydroxylation is 1. The molecule has 0 saturated carbocycles. The van der Waals surface area contributed by atoms with Crippen LogP contribution in [0, 0.1) is 0 Å². The number of carbonyl (C=O) groups excluding carboxylic acids is 1. The van der Waals surface area contributed by atoms with E-state index in [0.29, 0.717) is 5.16 Å². The van der Waals surface area contributed by atoms with Crippen LogP contribution in [0.4, 0.5) is 0 Å². The molecule has 2 aromatic rings. The van der Waals surface area contributed by atoms with E-state index in [0.717, 1.165) is 24.1 Å². The predicted molar refractivity (Wildman–Crippen MR) is 92.6 cm³/mol. The van der Waals surface area contributed by atoms with Gasteiger partial charge in [-0.15, -0.1) is 0 Å². The van der Waals surface area contributed by atoms with Crippen LogP contribution in [-0.4, -0.2) is 34.9 Å². The molecule has 0 bridgehead atoms. The molecule has 0 radical (unpaired) electrons. The van der Waals surface area contributed by atoms with Gasteiger partial charge in [-0.1, -0.05) is 55.4 Å². The third-order valence-corrected chi connectivity index (χ3v) is 4.40. The second-order valence-electron chi connectivity index (χ2n) is 5.43. The highest BCUT2D eigenvalue weighted by Crippen LogP contribution is 2.34. The van der Waals surface area contributed by atoms with Crippen molar-refractivity contribution in [2.45, 2.75) is 30.2 Å². The smallest absolute Gasteiger partial charge is 0.251 e. The van der Waals surface area contributed by atoms with Crippen LogP contribution < -0.4 is 5.56 Å². The summed E-state index contributed by atoms with van der Waals surface area (Å²) >= 11 is 1.27. The summed E-state index contributed by atoms with van der Waals surface area (Å²) in [5, 5.41) is 0.0382. The van der Waals surface area contributed by atoms with Crippen LogP contribution >= 0.6 is 11.8 Å². The summed E-state index contributed by atoms with van der Waals surface area (Å²) in [6.07, 6.45) is 1.66. The van der Waals surface area contributed by atoms with Gasteiger partial charge in [-0.25, -0.2) is 4.98 Å². The molecule has 0 aliphatic heterocycles. The Morgan fingerprint density at radius 2 is 2.00 bits per heavy atom. The Morgan fingerprint density at radius 1 is 1.30 bits per heavy atom. The lowest BCUT2D eigenvalue weighted by atomic mass is 10.1. The van der Waals surface area contributed by atoms with Gasteiger partial charge < -0.3 is 9.88 Å². The number of nitrogens with zero attached hydrogens (tertiary/aromatic N) is 2. The molecule has 1 atom stereocenters. The zero-order valence-corrected chi connectivity index (χ0v) is 14.4. The first-order valence-corrected chi connectivity index (χ1v) is 8.42. The van der Waals surface area contributed by atoms with Crippen molar-refractivity contribution in [3.8, 4) is 0 Å². The topological polar surface area (TPSA) is 66.1 Å². The largest absolute Gasteiger partial charge is 0.348 e. The molecule has 1 amide bonds. The van der Waals surface area contributed by atoms with Crippen molar-refractivity contribution in [3.05, 3.63) is 58.0 Å². The van der Waals surface area contributed by atoms with E-state index >= 15 is 0 Å². The van der Waals surface area contributed by atoms with Crippen LogP contribution in [-0.2, 0) is 11.2 Å². The first-order chi connectivity index (χ1) is 11.0. The minimum absolute atomic E-state index is 0.0373. The molecule has 0 spiro atoms. The minimum Gasteiger partial charge on any atom is -0.348 e. The number of benzene rings is 1. The number of aromatic nitrogens is 2. The zero-order chi connectivity index (χ0) is 16.8. The van der Waals surface area contributed by atoms with Crippen LogP contribution in [0.3, 0.4) is 0 Å². The maximum Gasteiger partial charge on any atom is 0.251 e. The van der Waals surface area contributed by atoms with Crippen molar-refractivity contribution in [3.63, 3.8) is 0 Å². The summed E-state index contributed by atoms with van der Waals surface area (Å²) in [6.45, 7) is 2.04. The van der Waals surface area contributed by atoms with Crippen molar-refractivity contribution < 1.29 is 4.79 Å². The van der Waals surface area contributed by atoms with Crippen LogP contribution in [0.15, 0.2) is 46.3 Å². The lowest BCUT2D eigenvalue weighted by Crippen LogP contribution is -2.27. The number of likely N-dealkylation sites (N-methyl/N-ethyl adjacent to an activating group) is 1. The summed E-state index contributed by atoms with van der Waals surface area (Å²) in [4.78, 5) is 33.1. The molecule has 1 heterocycles. The Hall–Kier alpha value is -2.08. The van der Waals surface area contributed by atoms with Crippen molar-refractivity contribution >= 4 is 17.7 Å². The monoisotopic (exact) mass is 331 g/mol. The average Bonchev–Trinajstić information content (AvgIpc) is 2.52. The first kappa shape index (κ1) is 17.3. The van der Waals surface area contributed by atoms with Gasteiger partial charge in [0.2, 0.25) is 5.91 Å². The maximum atomic E-state index is 12.5. The molecule has 6 heteroatoms. The highest BCUT2D eigenvalue weighted by Gasteiger charge is 2.24. The lowest BCUT2D eigenvalue weighted by Gasteiger charge is -2.20. The number of hydrogen-bond acceptors (Lipinski definition) is 4. The number of amides is 1. The average molecular weight is 331 g/mol. The van der Waals surface area contributed by atoms with E-state index < -0.39 is 5.25 Å². The number of hydrogen-bond donors (Lipinski definition) is 1. The van der Waals surface area contributed by atoms with E-state index in [4.69, 9.17) is 0 Å². The molecule has 1 N–H and O–H groups in total. The van der Waals surface area contributed by atoms with Crippen molar-refractivity contribution in [1.29, 1.82) is 0 Å². The molecule has 1 aromatic heterocycles. The number of nitrogens with one attached hydrogen (secondary N) is 1. The molecule has 0 aliphatic rings. The Balaban J connectivity index is 2.35. The molecule has 5 nitrogen and oxygen atoms in total. The summed E-state index contributed by atoms with van der Waals surface area (Å²) in [6, 6.07) is 11.0. The third-order valence-electron chi connectivity index (χ3n) is 3.28. The second kappa shape index (κ2) is 7.97. The predicted octanol–water partition coefficient (Wildman–Crippen LogP) is 2.64. The number of aromatic amines is 1. The standard InChI is InChI=1S/C17H21N3O2S/c1-4-8-13-11-14(21)19-17(18-13)23-15(16(22)20(2)3)12-9-6-5-7-10-12/h5-7,9-11,15H,4,8H2,1-3H3,(H,18,19,21). The van der Waals surface area contributed by atoms with Crippen LogP contribution in [0.5, 0.6) is 0 Å². The fraction of sp³-hybridized carbons (Fsp3) is 0.353. The van der Waals surface area contributed by atoms with Gasteiger partial charge in [0, 0.05) is 25.9 Å². The molecule has 0 fully saturated rings. The van der Waals surface area contributed by atoms with Crippen molar-refractivity contribution in [2.24, 2.45) is 0 Å². The fourth-order valence-electron chi connectivity index (χ4n) is 2.16. The van der Waals surface area contributed by atoms with Gasteiger partial charge in [0.25, 0.3) is 5.56 Å². The molecular weight excluding hydrogens is 310 g/mol. The quantitative estimate of drug-likeness (QED) is 0.653. The summed E-state index contributed by atoms with van der Waals surface area (Å²) in [7, 11) is 3.45. The number of H-pyrrole nitrogens is 1. The van der Waals surface area contributed by atoms with Crippen molar-refractivity contribution in [1.82, 2.24) is 14.9 Å². The summed E-state index contributed by atoms with van der Waals surface area (Å²) < 4.78 is 0. The molecule has 122 valence electrons. The van der Waals surface area contributed by atoms with Crippen LogP contribution in [0.2, 0.25) is 0 Å². The molecule has 2 rings (SSSR count). The molecule has 0 aliphatic carbocycles. The van der Waals surface area contributed by atoms with Gasteiger partial charge in [-0.2, -0.15) is 0 Å². The minimum atomic E-state index is -0.439. The van der Waals surface area contributed by atoms with E-state index in [-0.39, 0.29) is 11.5 Å². The van der Waals surface area contributed by atoms with E-state index in [2.05, 4.69) is 9.97 Å². The Morgan fingerprint density at radius 3 is 2.61 bits per heavy atom. The summed E-state index contributed by atoms with van der Waals surface area (Å²) in [5.74, 6) is -0.0373. The Labute approximate surface area is 140 Å². The van der Waals surface area contributed by atoms with E-state index in [1.54, 1.807) is 19.0 Å². The number of thioether (sulfide) groups is 1. The van der Waals surface area contributed by atoms with Gasteiger partial charge in [-0.3, -0.25) is 9.59 Å². The van der Waals surface area contributed by atoms with E-state index in [1.807, 2.05) is 37.3 Å². The second-order valence-corrected chi connectivity index (χ2v) is 6.53. The highest BCUT2D eigenvalue weighted by molar-refractivity contribution is 8.00. The molecule has 1 aromatic carbocycles. The Kier molecular flexibility index (Phi) is 5.98. The zero-order valence-electron chi connectivity index (χ0n) is 13.6. The van der Waals surface area contributed by atoms with Gasteiger partial charge in [0.15, 0.2) is 5.16 Å². The van der Waals surface area contributed by atoms with Crippen molar-refractivity contribution in [2.75, 3.05) is 14.1 Å². The maximum absolute atomic E-state index is 12.5. The van der Waals surface area contributed by atoms with E-state index in [1.165, 1.54) is 17.8 Å². The van der Waals surface area contributed by atoms with Gasteiger partial charge in [0.05, 0.1) is 0 Å². The lowest BCUT2D eigenvalue weighted by molar-refractivity contribution is -0.128. The molecule has 1 unspecified atom stereocenters. The summed E-state index contributed by atoms with van der Waals surface area (Å²) in [5.41, 5.74) is 1.46.